The van der Waals surface area contributed by atoms with E-state index in [4.69, 9.17) is 0 Å². The predicted octanol–water partition coefficient (Wildman–Crippen LogP) is 0.592. The Balaban J connectivity index is 2.03. The van der Waals surface area contributed by atoms with E-state index in [1.165, 1.54) is 16.6 Å². The van der Waals surface area contributed by atoms with E-state index in [1.54, 1.807) is 0 Å². The van der Waals surface area contributed by atoms with Gasteiger partial charge in [-0.1, -0.05) is 0 Å². The molecule has 2 aliphatic rings. The number of hydrogen-bond donors (Lipinski definition) is 1. The minimum Gasteiger partial charge on any atom is -0.315 e. The molecule has 1 N–H and O–H groups in total. The highest BCUT2D eigenvalue weighted by Gasteiger charge is 2.48. The maximum absolute atomic E-state index is 13.7. The van der Waals surface area contributed by atoms with E-state index in [-0.39, 0.29) is 12.1 Å². The summed E-state index contributed by atoms with van der Waals surface area (Å²) in [6, 6.07) is 2.33. The van der Waals surface area contributed by atoms with Crippen LogP contribution in [-0.2, 0) is 10.0 Å². The van der Waals surface area contributed by atoms with Gasteiger partial charge in [0.25, 0.3) is 10.0 Å². The lowest BCUT2D eigenvalue weighted by Gasteiger charge is -2.26. The highest BCUT2D eigenvalue weighted by molar-refractivity contribution is 7.89. The molecule has 2 aliphatic heterocycles. The predicted molar refractivity (Wildman–Crippen MR) is 67.4 cm³/mol. The summed E-state index contributed by atoms with van der Waals surface area (Å²) in [5.41, 5.74) is 0. The summed E-state index contributed by atoms with van der Waals surface area (Å²) in [5, 5.41) is 2.73. The summed E-state index contributed by atoms with van der Waals surface area (Å²) in [7, 11) is -3.87. The normalized spacial score (nSPS) is 31.6. The summed E-state index contributed by atoms with van der Waals surface area (Å²) in [6.45, 7) is 3.32. The molecule has 2 saturated heterocycles. The van der Waals surface area contributed by atoms with E-state index in [2.05, 4.69) is 10.3 Å². The Morgan fingerprint density at radius 2 is 2.26 bits per heavy atom. The zero-order chi connectivity index (χ0) is 13.6. The summed E-state index contributed by atoms with van der Waals surface area (Å²) >= 11 is 0. The average Bonchev–Trinajstić information content (AvgIpc) is 2.88. The molecule has 0 amide bonds. The first-order chi connectivity index (χ1) is 9.01. The first-order valence-corrected chi connectivity index (χ1v) is 7.80. The van der Waals surface area contributed by atoms with Crippen LogP contribution >= 0.6 is 0 Å². The van der Waals surface area contributed by atoms with Gasteiger partial charge in [0.1, 0.15) is 0 Å². The third-order valence-electron chi connectivity index (χ3n) is 3.96. The maximum atomic E-state index is 13.7. The SMILES string of the molecule is CC1CC2CNCC2N1S(=O)(=O)c1ncccc1F. The van der Waals surface area contributed by atoms with Gasteiger partial charge in [-0.25, -0.2) is 17.8 Å². The second-order valence-electron chi connectivity index (χ2n) is 5.20. The number of rotatable bonds is 2. The number of hydrogen-bond acceptors (Lipinski definition) is 4. The van der Waals surface area contributed by atoms with Gasteiger partial charge in [-0.3, -0.25) is 0 Å². The van der Waals surface area contributed by atoms with Crippen molar-refractivity contribution in [3.8, 4) is 0 Å². The van der Waals surface area contributed by atoms with Crippen molar-refractivity contribution in [2.75, 3.05) is 13.1 Å². The van der Waals surface area contributed by atoms with E-state index in [1.807, 2.05) is 6.92 Å². The Morgan fingerprint density at radius 3 is 3.00 bits per heavy atom. The van der Waals surface area contributed by atoms with Crippen LogP contribution in [0.1, 0.15) is 13.3 Å². The zero-order valence-electron chi connectivity index (χ0n) is 10.6. The van der Waals surface area contributed by atoms with Gasteiger partial charge >= 0.3 is 0 Å². The van der Waals surface area contributed by atoms with Crippen LogP contribution < -0.4 is 5.32 Å². The second kappa shape index (κ2) is 4.50. The van der Waals surface area contributed by atoms with Crippen LogP contribution in [0, 0.1) is 11.7 Å². The van der Waals surface area contributed by atoms with Crippen molar-refractivity contribution in [3.05, 3.63) is 24.1 Å². The van der Waals surface area contributed by atoms with Crippen LogP contribution in [0.2, 0.25) is 0 Å². The zero-order valence-corrected chi connectivity index (χ0v) is 11.4. The number of aromatic nitrogens is 1. The summed E-state index contributed by atoms with van der Waals surface area (Å²) < 4.78 is 40.4. The third kappa shape index (κ3) is 1.96. The fourth-order valence-corrected chi connectivity index (χ4v) is 5.07. The largest absolute Gasteiger partial charge is 0.315 e. The van der Waals surface area contributed by atoms with E-state index >= 15 is 0 Å². The van der Waals surface area contributed by atoms with E-state index < -0.39 is 20.9 Å². The van der Waals surface area contributed by atoms with Crippen molar-refractivity contribution in [1.29, 1.82) is 0 Å². The molecule has 0 saturated carbocycles. The fourth-order valence-electron chi connectivity index (χ4n) is 3.20. The highest BCUT2D eigenvalue weighted by Crippen LogP contribution is 2.36. The molecule has 19 heavy (non-hydrogen) atoms. The molecule has 0 radical (unpaired) electrons. The lowest BCUT2D eigenvalue weighted by Crippen LogP contribution is -2.43. The molecule has 1 aromatic heterocycles. The molecule has 2 fully saturated rings. The molecule has 1 aromatic rings. The first-order valence-electron chi connectivity index (χ1n) is 6.36. The Kier molecular flexibility index (Phi) is 3.07. The van der Waals surface area contributed by atoms with Crippen molar-refractivity contribution < 1.29 is 12.8 Å². The number of sulfonamides is 1. The van der Waals surface area contributed by atoms with Crippen molar-refractivity contribution in [2.24, 2.45) is 5.92 Å². The third-order valence-corrected chi connectivity index (χ3v) is 5.93. The molecule has 7 heteroatoms. The number of halogens is 1. The summed E-state index contributed by atoms with van der Waals surface area (Å²) in [6.07, 6.45) is 2.12. The topological polar surface area (TPSA) is 62.3 Å². The number of pyridine rings is 1. The Bertz CT molecular complexity index is 592. The molecule has 0 spiro atoms. The van der Waals surface area contributed by atoms with Crippen molar-refractivity contribution in [2.45, 2.75) is 30.5 Å². The minimum absolute atomic E-state index is 0.0820. The standard InChI is InChI=1S/C12H16FN3O2S/c1-8-5-9-6-14-7-11(9)16(8)19(17,18)12-10(13)3-2-4-15-12/h2-4,8-9,11,14H,5-7H2,1H3. The second-order valence-corrected chi connectivity index (χ2v) is 6.95. The van der Waals surface area contributed by atoms with Crippen LogP contribution in [0.15, 0.2) is 23.4 Å². The van der Waals surface area contributed by atoms with Crippen LogP contribution in [-0.4, -0.2) is 42.9 Å². The Labute approximate surface area is 111 Å². The van der Waals surface area contributed by atoms with Gasteiger partial charge in [0.15, 0.2) is 5.82 Å². The van der Waals surface area contributed by atoms with Crippen molar-refractivity contribution in [1.82, 2.24) is 14.6 Å². The van der Waals surface area contributed by atoms with Gasteiger partial charge in [-0.2, -0.15) is 4.31 Å². The lowest BCUT2D eigenvalue weighted by atomic mass is 10.0. The van der Waals surface area contributed by atoms with Gasteiger partial charge in [0.2, 0.25) is 5.03 Å². The van der Waals surface area contributed by atoms with Crippen molar-refractivity contribution in [3.63, 3.8) is 0 Å². The molecule has 3 heterocycles. The quantitative estimate of drug-likeness (QED) is 0.864. The number of nitrogens with zero attached hydrogens (tertiary/aromatic N) is 2. The van der Waals surface area contributed by atoms with E-state index in [0.29, 0.717) is 12.5 Å². The summed E-state index contributed by atoms with van der Waals surface area (Å²) in [5.74, 6) is -0.472. The van der Waals surface area contributed by atoms with E-state index in [0.717, 1.165) is 19.0 Å². The first kappa shape index (κ1) is 13.0. The fraction of sp³-hybridized carbons (Fsp3) is 0.583. The molecular formula is C12H16FN3O2S. The van der Waals surface area contributed by atoms with Gasteiger partial charge in [-0.15, -0.1) is 0 Å². The molecular weight excluding hydrogens is 269 g/mol. The van der Waals surface area contributed by atoms with Gasteiger partial charge < -0.3 is 5.32 Å². The average molecular weight is 285 g/mol. The Hall–Kier alpha value is -1.05. The molecule has 0 aromatic carbocycles. The lowest BCUT2D eigenvalue weighted by molar-refractivity contribution is 0.332. The molecule has 3 atom stereocenters. The van der Waals surface area contributed by atoms with Crippen LogP contribution in [0.4, 0.5) is 4.39 Å². The molecule has 3 unspecified atom stereocenters. The monoisotopic (exact) mass is 285 g/mol. The minimum atomic E-state index is -3.87. The molecule has 3 rings (SSSR count). The Morgan fingerprint density at radius 1 is 1.47 bits per heavy atom. The molecule has 5 nitrogen and oxygen atoms in total. The van der Waals surface area contributed by atoms with E-state index in [9.17, 15) is 12.8 Å². The molecule has 0 bridgehead atoms. The molecule has 0 aliphatic carbocycles. The summed E-state index contributed by atoms with van der Waals surface area (Å²) in [4.78, 5) is 3.72. The van der Waals surface area contributed by atoms with Crippen LogP contribution in [0.3, 0.4) is 0 Å². The number of nitrogens with one attached hydrogen (secondary N) is 1. The number of fused-ring (bicyclic) bond motifs is 1. The van der Waals surface area contributed by atoms with Gasteiger partial charge in [0.05, 0.1) is 0 Å². The van der Waals surface area contributed by atoms with Crippen LogP contribution in [0.5, 0.6) is 0 Å². The van der Waals surface area contributed by atoms with Gasteiger partial charge in [0, 0.05) is 24.8 Å². The maximum Gasteiger partial charge on any atom is 0.264 e. The van der Waals surface area contributed by atoms with Gasteiger partial charge in [-0.05, 0) is 37.9 Å². The van der Waals surface area contributed by atoms with Crippen molar-refractivity contribution >= 4 is 10.0 Å². The smallest absolute Gasteiger partial charge is 0.264 e. The van der Waals surface area contributed by atoms with Crippen LogP contribution in [0.25, 0.3) is 0 Å². The highest BCUT2D eigenvalue weighted by atomic mass is 32.2. The molecule has 104 valence electrons.